The number of fused-ring (bicyclic) bond motifs is 2. The van der Waals surface area contributed by atoms with Crippen LogP contribution in [0.1, 0.15) is 72.6 Å². The number of ether oxygens (including phenoxy) is 2. The Morgan fingerprint density at radius 1 is 1.06 bits per heavy atom. The molecule has 2 amide bonds. The van der Waals surface area contributed by atoms with E-state index in [4.69, 9.17) is 9.47 Å². The lowest BCUT2D eigenvalue weighted by Gasteiger charge is -2.31. The molecular weight excluding hydrogens is 640 g/mol. The fraction of sp³-hybridized carbons (Fsp3) is 0.390. The molecule has 2 aliphatic heterocycles. The van der Waals surface area contributed by atoms with Crippen LogP contribution in [-0.2, 0) is 35.6 Å². The summed E-state index contributed by atoms with van der Waals surface area (Å²) in [7, 11) is 0. The molecule has 1 saturated heterocycles. The van der Waals surface area contributed by atoms with Crippen molar-refractivity contribution >= 4 is 23.0 Å². The Bertz CT molecular complexity index is 2080. The molecule has 51 heavy (non-hydrogen) atoms. The summed E-state index contributed by atoms with van der Waals surface area (Å²) in [5.74, 6) is -0.344. The van der Waals surface area contributed by atoms with E-state index in [1.807, 2.05) is 67.2 Å². The van der Waals surface area contributed by atoms with Crippen molar-refractivity contribution in [1.82, 2.24) is 29.8 Å². The number of carbonyl (C=O) groups excluding carboxylic acids is 2. The van der Waals surface area contributed by atoms with Gasteiger partial charge in [0, 0.05) is 56.0 Å². The van der Waals surface area contributed by atoms with E-state index in [2.05, 4.69) is 72.2 Å². The zero-order valence-electron chi connectivity index (χ0n) is 30.3. The second-order valence-electron chi connectivity index (χ2n) is 14.6. The summed E-state index contributed by atoms with van der Waals surface area (Å²) >= 11 is 0. The van der Waals surface area contributed by atoms with E-state index < -0.39 is 17.6 Å². The van der Waals surface area contributed by atoms with Crippen LogP contribution in [-0.4, -0.2) is 66.6 Å². The van der Waals surface area contributed by atoms with Crippen molar-refractivity contribution in [2.75, 3.05) is 13.2 Å². The second-order valence-corrected chi connectivity index (χ2v) is 14.6. The highest BCUT2D eigenvalue weighted by atomic mass is 16.6. The monoisotopic (exact) mass is 686 g/mol. The predicted octanol–water partition coefficient (Wildman–Crippen LogP) is 6.99. The predicted molar refractivity (Wildman–Crippen MR) is 195 cm³/mol. The summed E-state index contributed by atoms with van der Waals surface area (Å²) in [6.45, 7) is 15.4. The maximum atomic E-state index is 14.6. The van der Waals surface area contributed by atoms with E-state index in [0.717, 1.165) is 56.7 Å². The van der Waals surface area contributed by atoms with Gasteiger partial charge in [-0.15, -0.1) is 5.10 Å². The lowest BCUT2D eigenvalue weighted by atomic mass is 9.78. The van der Waals surface area contributed by atoms with E-state index in [1.165, 1.54) is 10.5 Å². The Hall–Kier alpha value is -5.09. The molecule has 10 heteroatoms. The topological polar surface area (TPSA) is 103 Å². The number of carbonyl (C=O) groups is 2. The zero-order valence-corrected chi connectivity index (χ0v) is 30.3. The third kappa shape index (κ3) is 6.85. The second kappa shape index (κ2) is 13.9. The molecule has 0 saturated carbocycles. The Balaban J connectivity index is 1.27. The van der Waals surface area contributed by atoms with E-state index in [1.54, 1.807) is 6.20 Å². The Labute approximate surface area is 299 Å². The van der Waals surface area contributed by atoms with Crippen molar-refractivity contribution in [1.29, 1.82) is 0 Å². The average Bonchev–Trinajstić information content (AvgIpc) is 3.67. The summed E-state index contributed by atoms with van der Waals surface area (Å²) in [5, 5.41) is 8.93. The normalized spacial score (nSPS) is 18.5. The first-order valence-corrected chi connectivity index (χ1v) is 17.8. The lowest BCUT2D eigenvalue weighted by molar-refractivity contribution is -0.133. The van der Waals surface area contributed by atoms with E-state index in [0.29, 0.717) is 26.1 Å². The maximum absolute atomic E-state index is 14.6. The van der Waals surface area contributed by atoms with Gasteiger partial charge in [0.05, 0.1) is 11.6 Å². The number of aromatic nitrogens is 4. The number of nitrogens with zero attached hydrogens (tertiary/aromatic N) is 6. The zero-order chi connectivity index (χ0) is 35.9. The maximum Gasteiger partial charge on any atom is 0.416 e. The Morgan fingerprint density at radius 3 is 2.65 bits per heavy atom. The molecule has 2 aromatic heterocycles. The molecule has 5 aromatic rings. The van der Waals surface area contributed by atoms with Gasteiger partial charge < -0.3 is 9.47 Å². The number of rotatable bonds is 9. The molecule has 10 nitrogen and oxygen atoms in total. The number of hydrogen-bond donors (Lipinski definition) is 0. The van der Waals surface area contributed by atoms with Crippen molar-refractivity contribution in [3.63, 3.8) is 0 Å². The molecule has 7 rings (SSSR count). The molecule has 3 aromatic carbocycles. The van der Waals surface area contributed by atoms with Crippen molar-refractivity contribution in [3.8, 4) is 5.75 Å². The van der Waals surface area contributed by atoms with E-state index in [-0.39, 0.29) is 24.5 Å². The van der Waals surface area contributed by atoms with Crippen LogP contribution in [0.15, 0.2) is 79.1 Å². The molecule has 0 spiro atoms. The van der Waals surface area contributed by atoms with Crippen LogP contribution >= 0.6 is 0 Å². The fourth-order valence-corrected chi connectivity index (χ4v) is 7.83. The molecule has 1 fully saturated rings. The molecule has 0 radical (unpaired) electrons. The van der Waals surface area contributed by atoms with Crippen LogP contribution in [0, 0.1) is 19.8 Å². The molecule has 4 heterocycles. The summed E-state index contributed by atoms with van der Waals surface area (Å²) in [4.78, 5) is 36.0. The number of pyridine rings is 1. The van der Waals surface area contributed by atoms with Crippen LogP contribution in [0.2, 0.25) is 0 Å². The number of imide groups is 1. The quantitative estimate of drug-likeness (QED) is 0.164. The van der Waals surface area contributed by atoms with Crippen LogP contribution in [0.3, 0.4) is 0 Å². The molecule has 0 N–H and O–H groups in total. The first-order chi connectivity index (χ1) is 24.5. The van der Waals surface area contributed by atoms with Crippen molar-refractivity contribution in [2.45, 2.75) is 85.2 Å². The smallest absolute Gasteiger partial charge is 0.416 e. The van der Waals surface area contributed by atoms with Crippen molar-refractivity contribution < 1.29 is 19.1 Å². The van der Waals surface area contributed by atoms with Gasteiger partial charge in [-0.25, -0.2) is 14.4 Å². The van der Waals surface area contributed by atoms with Gasteiger partial charge in [0.2, 0.25) is 5.91 Å². The Kier molecular flexibility index (Phi) is 9.37. The van der Waals surface area contributed by atoms with Gasteiger partial charge >= 0.3 is 6.09 Å². The first-order valence-electron chi connectivity index (χ1n) is 17.8. The number of hydrogen-bond acceptors (Lipinski definition) is 8. The molecule has 264 valence electrons. The Morgan fingerprint density at radius 2 is 1.86 bits per heavy atom. The summed E-state index contributed by atoms with van der Waals surface area (Å²) in [5.41, 5.74) is 8.75. The van der Waals surface area contributed by atoms with Crippen LogP contribution in [0.5, 0.6) is 5.75 Å². The van der Waals surface area contributed by atoms with Gasteiger partial charge in [-0.2, -0.15) is 0 Å². The van der Waals surface area contributed by atoms with Crippen molar-refractivity contribution in [2.24, 2.45) is 5.92 Å². The van der Waals surface area contributed by atoms with Gasteiger partial charge in [0.1, 0.15) is 23.5 Å². The van der Waals surface area contributed by atoms with Gasteiger partial charge in [0.15, 0.2) is 0 Å². The van der Waals surface area contributed by atoms with Crippen LogP contribution < -0.4 is 4.74 Å². The van der Waals surface area contributed by atoms with Crippen LogP contribution in [0.4, 0.5) is 4.79 Å². The molecule has 0 bridgehead atoms. The van der Waals surface area contributed by atoms with E-state index >= 15 is 0 Å². The first kappa shape index (κ1) is 34.4. The standard InChI is InChI=1S/C41H46N6O4/c1-7-46-35-16-15-34(27(3)38(35)43-44-46)37(28(4)39(48)47-33(24-50-40(47)49)19-29-11-9-8-10-12-29)30-14-13-26(2)31(20-30)22-45-23-32-21-42-18-17-36(32)51-41(5,6)25-45/h8-18,20-21,28,33,37H,7,19,22-25H2,1-6H3/t28-,33?,37+/m1/s1. The fourth-order valence-electron chi connectivity index (χ4n) is 7.83. The third-order valence-electron chi connectivity index (χ3n) is 10.4. The minimum Gasteiger partial charge on any atom is -0.486 e. The molecule has 2 aliphatic rings. The van der Waals surface area contributed by atoms with Gasteiger partial charge in [-0.3, -0.25) is 14.7 Å². The minimum atomic E-state index is -0.592. The molecule has 0 aliphatic carbocycles. The van der Waals surface area contributed by atoms with Gasteiger partial charge in [0.25, 0.3) is 0 Å². The summed E-state index contributed by atoms with van der Waals surface area (Å²) < 4.78 is 13.8. The summed E-state index contributed by atoms with van der Waals surface area (Å²) in [6, 6.07) is 22.1. The summed E-state index contributed by atoms with van der Waals surface area (Å²) in [6.07, 6.45) is 3.60. The minimum absolute atomic E-state index is 0.172. The highest BCUT2D eigenvalue weighted by molar-refractivity contribution is 5.95. The van der Waals surface area contributed by atoms with Crippen molar-refractivity contribution in [3.05, 3.63) is 118 Å². The largest absolute Gasteiger partial charge is 0.486 e. The molecule has 3 atom stereocenters. The SMILES string of the molecule is CCn1nnc2c(C)c([C@H](c3ccc(C)c(CN4Cc5cnccc5OC(C)(C)C4)c3)[C@@H](C)C(=O)N3C(=O)OCC3Cc3ccccc3)ccc21. The number of benzene rings is 3. The third-order valence-corrected chi connectivity index (χ3v) is 10.4. The average molecular weight is 687 g/mol. The highest BCUT2D eigenvalue weighted by Crippen LogP contribution is 2.39. The number of amides is 2. The molecular formula is C41H46N6O4. The highest BCUT2D eigenvalue weighted by Gasteiger charge is 2.42. The van der Waals surface area contributed by atoms with Crippen LogP contribution in [0.25, 0.3) is 11.0 Å². The number of cyclic esters (lactones) is 1. The number of aryl methyl sites for hydroxylation is 3. The van der Waals surface area contributed by atoms with Gasteiger partial charge in [-0.05, 0) is 86.6 Å². The lowest BCUT2D eigenvalue weighted by Crippen LogP contribution is -2.44. The van der Waals surface area contributed by atoms with E-state index in [9.17, 15) is 9.59 Å². The molecule has 1 unspecified atom stereocenters. The van der Waals surface area contributed by atoms with Gasteiger partial charge in [-0.1, -0.05) is 66.7 Å².